The van der Waals surface area contributed by atoms with Crippen LogP contribution in [0.3, 0.4) is 0 Å². The van der Waals surface area contributed by atoms with Gasteiger partial charge in [0.2, 0.25) is 21.8 Å². The molecule has 11 heteroatoms. The van der Waals surface area contributed by atoms with Crippen molar-refractivity contribution < 1.29 is 27.5 Å². The highest BCUT2D eigenvalue weighted by atomic mass is 35.5. The lowest BCUT2D eigenvalue weighted by Gasteiger charge is -2.32. The first-order valence-corrected chi connectivity index (χ1v) is 13.0. The minimum atomic E-state index is -3.84. The van der Waals surface area contributed by atoms with Gasteiger partial charge in [-0.05, 0) is 36.2 Å². The van der Waals surface area contributed by atoms with Crippen molar-refractivity contribution in [1.29, 1.82) is 0 Å². The number of sulfonamides is 1. The van der Waals surface area contributed by atoms with Crippen molar-refractivity contribution >= 4 is 39.1 Å². The van der Waals surface area contributed by atoms with E-state index in [-0.39, 0.29) is 18.1 Å². The van der Waals surface area contributed by atoms with Gasteiger partial charge in [-0.3, -0.25) is 13.9 Å². The fourth-order valence-corrected chi connectivity index (χ4v) is 4.64. The molecule has 1 aliphatic heterocycles. The van der Waals surface area contributed by atoms with Crippen molar-refractivity contribution in [3.05, 3.63) is 53.1 Å². The predicted octanol–water partition coefficient (Wildman–Crippen LogP) is 2.43. The molecule has 0 aliphatic carbocycles. The van der Waals surface area contributed by atoms with E-state index in [0.717, 1.165) is 16.1 Å². The number of anilines is 1. The number of fused-ring (bicyclic) bond motifs is 1. The second-order valence-corrected chi connectivity index (χ2v) is 10.1. The number of hydrogen-bond acceptors (Lipinski definition) is 6. The lowest BCUT2D eigenvalue weighted by Crippen LogP contribution is -2.51. The summed E-state index contributed by atoms with van der Waals surface area (Å²) in [4.78, 5) is 27.5. The minimum Gasteiger partial charge on any atom is -0.486 e. The number of benzene rings is 2. The third-order valence-corrected chi connectivity index (χ3v) is 6.78. The lowest BCUT2D eigenvalue weighted by molar-refractivity contribution is -0.140. The highest BCUT2D eigenvalue weighted by Gasteiger charge is 2.31. The average Bonchev–Trinajstić information content (AvgIpc) is 2.82. The first-order chi connectivity index (χ1) is 16.1. The standard InChI is InChI=1S/C23H28ClN3O6S/c1-4-19(23(29)25-2)26(14-16-5-7-17(24)8-6-16)22(28)15-27(34(3,30)31)18-9-10-20-21(13-18)33-12-11-32-20/h5-10,13,19H,4,11-12,14-15H2,1-3H3,(H,25,29)/t19-/m1/s1. The first-order valence-electron chi connectivity index (χ1n) is 10.8. The largest absolute Gasteiger partial charge is 0.486 e. The molecular formula is C23H28ClN3O6S. The molecule has 2 amide bonds. The Morgan fingerprint density at radius 2 is 1.74 bits per heavy atom. The summed E-state index contributed by atoms with van der Waals surface area (Å²) in [7, 11) is -2.34. The number of carbonyl (C=O) groups is 2. The fraction of sp³-hybridized carbons (Fsp3) is 0.391. The van der Waals surface area contributed by atoms with Crippen molar-refractivity contribution in [1.82, 2.24) is 10.2 Å². The molecular weight excluding hydrogens is 482 g/mol. The molecule has 0 saturated heterocycles. The summed E-state index contributed by atoms with van der Waals surface area (Å²) in [5, 5.41) is 3.12. The van der Waals surface area contributed by atoms with Gasteiger partial charge in [0.25, 0.3) is 0 Å². The van der Waals surface area contributed by atoms with Crippen molar-refractivity contribution in [3.8, 4) is 11.5 Å². The zero-order valence-electron chi connectivity index (χ0n) is 19.3. The highest BCUT2D eigenvalue weighted by Crippen LogP contribution is 2.34. The lowest BCUT2D eigenvalue weighted by atomic mass is 10.1. The number of carbonyl (C=O) groups excluding carboxylic acids is 2. The molecule has 184 valence electrons. The molecule has 1 N–H and O–H groups in total. The number of hydrogen-bond donors (Lipinski definition) is 1. The Morgan fingerprint density at radius 1 is 1.09 bits per heavy atom. The van der Waals surface area contributed by atoms with Crippen molar-refractivity contribution in [2.24, 2.45) is 0 Å². The topological polar surface area (TPSA) is 105 Å². The molecule has 0 aromatic heterocycles. The van der Waals surface area contributed by atoms with Crippen LogP contribution in [0.1, 0.15) is 18.9 Å². The monoisotopic (exact) mass is 509 g/mol. The van der Waals surface area contributed by atoms with Gasteiger partial charge >= 0.3 is 0 Å². The molecule has 2 aromatic rings. The number of likely N-dealkylation sites (N-methyl/N-ethyl adjacent to an activating group) is 1. The smallest absolute Gasteiger partial charge is 0.244 e. The number of nitrogens with one attached hydrogen (secondary N) is 1. The van der Waals surface area contributed by atoms with Crippen LogP contribution in [-0.4, -0.2) is 64.2 Å². The van der Waals surface area contributed by atoms with Gasteiger partial charge in [-0.25, -0.2) is 8.42 Å². The van der Waals surface area contributed by atoms with E-state index in [2.05, 4.69) is 5.32 Å². The molecule has 3 rings (SSSR count). The summed E-state index contributed by atoms with van der Waals surface area (Å²) in [6.07, 6.45) is 1.37. The normalized spacial score (nSPS) is 13.6. The number of nitrogens with zero attached hydrogens (tertiary/aromatic N) is 2. The summed E-state index contributed by atoms with van der Waals surface area (Å²) in [5.41, 5.74) is 1.02. The summed E-state index contributed by atoms with van der Waals surface area (Å²) < 4.78 is 37.4. The van der Waals surface area contributed by atoms with Crippen LogP contribution in [0.25, 0.3) is 0 Å². The van der Waals surface area contributed by atoms with E-state index < -0.39 is 28.5 Å². The van der Waals surface area contributed by atoms with Crippen molar-refractivity contribution in [2.45, 2.75) is 25.9 Å². The van der Waals surface area contributed by atoms with Crippen LogP contribution in [0.5, 0.6) is 11.5 Å². The fourth-order valence-electron chi connectivity index (χ4n) is 3.67. The number of ether oxygens (including phenoxy) is 2. The SMILES string of the molecule is CC[C@H](C(=O)NC)N(Cc1ccc(Cl)cc1)C(=O)CN(c1ccc2c(c1)OCCO2)S(C)(=O)=O. The maximum Gasteiger partial charge on any atom is 0.244 e. The number of amides is 2. The summed E-state index contributed by atoms with van der Waals surface area (Å²) in [5.74, 6) is 0.0465. The van der Waals surface area contributed by atoms with E-state index in [0.29, 0.717) is 36.2 Å². The van der Waals surface area contributed by atoms with Crippen LogP contribution < -0.4 is 19.1 Å². The second-order valence-electron chi connectivity index (χ2n) is 7.78. The third kappa shape index (κ3) is 6.12. The van der Waals surface area contributed by atoms with Crippen LogP contribution in [0.15, 0.2) is 42.5 Å². The van der Waals surface area contributed by atoms with E-state index in [1.807, 2.05) is 0 Å². The van der Waals surface area contributed by atoms with E-state index in [1.165, 1.54) is 18.0 Å². The van der Waals surface area contributed by atoms with E-state index >= 15 is 0 Å². The van der Waals surface area contributed by atoms with E-state index in [1.54, 1.807) is 43.3 Å². The van der Waals surface area contributed by atoms with Gasteiger partial charge in [-0.1, -0.05) is 30.7 Å². The van der Waals surface area contributed by atoms with Gasteiger partial charge in [0.15, 0.2) is 11.5 Å². The molecule has 0 spiro atoms. The van der Waals surface area contributed by atoms with Gasteiger partial charge in [-0.15, -0.1) is 0 Å². The van der Waals surface area contributed by atoms with Crippen molar-refractivity contribution in [2.75, 3.05) is 37.4 Å². The van der Waals surface area contributed by atoms with Gasteiger partial charge in [0.1, 0.15) is 25.8 Å². The molecule has 9 nitrogen and oxygen atoms in total. The molecule has 0 unspecified atom stereocenters. The minimum absolute atomic E-state index is 0.112. The maximum absolute atomic E-state index is 13.5. The molecule has 0 fully saturated rings. The Hall–Kier alpha value is -2.98. The van der Waals surface area contributed by atoms with Crippen LogP contribution >= 0.6 is 11.6 Å². The number of halogens is 1. The molecule has 1 atom stereocenters. The Bertz CT molecular complexity index is 1140. The van der Waals surface area contributed by atoms with Crippen LogP contribution in [-0.2, 0) is 26.2 Å². The van der Waals surface area contributed by atoms with Gasteiger partial charge in [-0.2, -0.15) is 0 Å². The predicted molar refractivity (Wildman–Crippen MR) is 130 cm³/mol. The first kappa shape index (κ1) is 25.6. The van der Waals surface area contributed by atoms with Gasteiger partial charge in [0, 0.05) is 24.7 Å². The summed E-state index contributed by atoms with van der Waals surface area (Å²) in [6, 6.07) is 10.8. The molecule has 0 bridgehead atoms. The van der Waals surface area contributed by atoms with Crippen LogP contribution in [0.2, 0.25) is 5.02 Å². The molecule has 34 heavy (non-hydrogen) atoms. The van der Waals surface area contributed by atoms with Crippen molar-refractivity contribution in [3.63, 3.8) is 0 Å². The highest BCUT2D eigenvalue weighted by molar-refractivity contribution is 7.92. The summed E-state index contributed by atoms with van der Waals surface area (Å²) in [6.45, 7) is 2.16. The average molecular weight is 510 g/mol. The van der Waals surface area contributed by atoms with Gasteiger partial charge in [0.05, 0.1) is 11.9 Å². The molecule has 0 radical (unpaired) electrons. The molecule has 1 heterocycles. The number of rotatable bonds is 9. The van der Waals surface area contributed by atoms with Crippen LogP contribution in [0.4, 0.5) is 5.69 Å². The Balaban J connectivity index is 1.94. The molecule has 1 aliphatic rings. The Labute approximate surface area is 204 Å². The van der Waals surface area contributed by atoms with E-state index in [9.17, 15) is 18.0 Å². The Morgan fingerprint density at radius 3 is 2.32 bits per heavy atom. The van der Waals surface area contributed by atoms with Crippen LogP contribution in [0, 0.1) is 0 Å². The molecule has 0 saturated carbocycles. The van der Waals surface area contributed by atoms with E-state index in [4.69, 9.17) is 21.1 Å². The summed E-state index contributed by atoms with van der Waals surface area (Å²) >= 11 is 5.97. The quantitative estimate of drug-likeness (QED) is 0.556. The zero-order chi connectivity index (χ0) is 24.9. The maximum atomic E-state index is 13.5. The zero-order valence-corrected chi connectivity index (χ0v) is 20.9. The van der Waals surface area contributed by atoms with Gasteiger partial charge < -0.3 is 19.7 Å². The molecule has 2 aromatic carbocycles. The second kappa shape index (κ2) is 11.0. The Kier molecular flexibility index (Phi) is 8.27. The third-order valence-electron chi connectivity index (χ3n) is 5.39.